The molecule has 0 amide bonds. The van der Waals surface area contributed by atoms with Gasteiger partial charge in [-0.15, -0.1) is 0 Å². The fourth-order valence-corrected chi connectivity index (χ4v) is 0.992. The third-order valence-corrected chi connectivity index (χ3v) is 1.66. The Balaban J connectivity index is 2.93. The monoisotopic (exact) mass is 168 g/mol. The molecule has 1 rings (SSSR count). The highest BCUT2D eigenvalue weighted by Gasteiger charge is 2.09. The minimum atomic E-state index is 0.331. The van der Waals surface area contributed by atoms with Crippen LogP contribution in [0.2, 0.25) is 0 Å². The third-order valence-electron chi connectivity index (χ3n) is 1.32. The van der Waals surface area contributed by atoms with Crippen LogP contribution in [-0.2, 0) is 0 Å². The topological polar surface area (TPSA) is 56.4 Å². The van der Waals surface area contributed by atoms with E-state index >= 15 is 0 Å². The van der Waals surface area contributed by atoms with Crippen LogP contribution in [0.4, 0.5) is 0 Å². The van der Waals surface area contributed by atoms with Crippen molar-refractivity contribution < 1.29 is 5.21 Å². The molecule has 0 bridgehead atoms. The van der Waals surface area contributed by atoms with Crippen molar-refractivity contribution in [2.24, 2.45) is 5.16 Å². The number of hydrogen-bond acceptors (Lipinski definition) is 3. The molecule has 0 spiro atoms. The summed E-state index contributed by atoms with van der Waals surface area (Å²) in [6.45, 7) is 0. The smallest absolute Gasteiger partial charge is 0.100 e. The lowest BCUT2D eigenvalue weighted by atomic mass is 10.1. The summed E-state index contributed by atoms with van der Waals surface area (Å²) in [6.07, 6.45) is 3.42. The lowest BCUT2D eigenvalue weighted by Crippen LogP contribution is -2.00. The highest BCUT2D eigenvalue weighted by atomic mass is 35.5. The Labute approximate surface area is 68.9 Å². The molecule has 0 unspecified atom stereocenters. The molecule has 0 saturated heterocycles. The van der Waals surface area contributed by atoms with Crippen LogP contribution in [0, 0.1) is 11.3 Å². The number of nitriles is 1. The van der Waals surface area contributed by atoms with E-state index in [0.29, 0.717) is 22.7 Å². The summed E-state index contributed by atoms with van der Waals surface area (Å²) in [4.78, 5) is 0. The van der Waals surface area contributed by atoms with Gasteiger partial charge in [0.05, 0.1) is 11.3 Å². The average Bonchev–Trinajstić information content (AvgIpc) is 2.04. The van der Waals surface area contributed by atoms with Crippen LogP contribution in [0.1, 0.15) is 6.42 Å². The van der Waals surface area contributed by atoms with Gasteiger partial charge in [-0.25, -0.2) is 0 Å². The van der Waals surface area contributed by atoms with Crippen molar-refractivity contribution in [1.29, 1.82) is 5.26 Å². The number of halogens is 1. The molecule has 0 saturated carbocycles. The van der Waals surface area contributed by atoms with E-state index in [1.165, 1.54) is 6.08 Å². The Hall–Kier alpha value is -1.27. The quantitative estimate of drug-likeness (QED) is 0.443. The van der Waals surface area contributed by atoms with Crippen molar-refractivity contribution in [2.75, 3.05) is 0 Å². The van der Waals surface area contributed by atoms with Gasteiger partial charge in [0, 0.05) is 11.5 Å². The lowest BCUT2D eigenvalue weighted by molar-refractivity contribution is 0.318. The first-order valence-electron chi connectivity index (χ1n) is 2.95. The second-order valence-electron chi connectivity index (χ2n) is 2.03. The van der Waals surface area contributed by atoms with Crippen molar-refractivity contribution in [3.63, 3.8) is 0 Å². The zero-order chi connectivity index (χ0) is 8.27. The SMILES string of the molecule is N#CC1=C(Cl)C/C(=N\O)C=C1. The van der Waals surface area contributed by atoms with E-state index in [2.05, 4.69) is 5.16 Å². The molecular formula is C7H5ClN2O. The predicted molar refractivity (Wildman–Crippen MR) is 41.5 cm³/mol. The van der Waals surface area contributed by atoms with Crippen LogP contribution in [0.15, 0.2) is 27.9 Å². The van der Waals surface area contributed by atoms with Gasteiger partial charge in [0.15, 0.2) is 0 Å². The number of nitrogens with zero attached hydrogens (tertiary/aromatic N) is 2. The Kier molecular flexibility index (Phi) is 2.29. The van der Waals surface area contributed by atoms with Crippen LogP contribution in [-0.4, -0.2) is 10.9 Å². The van der Waals surface area contributed by atoms with Crippen LogP contribution < -0.4 is 0 Å². The predicted octanol–water partition coefficient (Wildman–Crippen LogP) is 1.79. The maximum Gasteiger partial charge on any atom is 0.100 e. The maximum atomic E-state index is 8.47. The highest BCUT2D eigenvalue weighted by molar-refractivity contribution is 6.32. The summed E-state index contributed by atoms with van der Waals surface area (Å²) < 4.78 is 0. The Morgan fingerprint density at radius 3 is 2.82 bits per heavy atom. The van der Waals surface area contributed by atoms with E-state index in [1.807, 2.05) is 6.07 Å². The highest BCUT2D eigenvalue weighted by Crippen LogP contribution is 2.19. The number of hydrogen-bond donors (Lipinski definition) is 1. The Bertz CT molecular complexity index is 296. The molecule has 1 N–H and O–H groups in total. The molecule has 0 aromatic carbocycles. The molecular weight excluding hydrogens is 164 g/mol. The fourth-order valence-electron chi connectivity index (χ4n) is 0.750. The minimum absolute atomic E-state index is 0.331. The van der Waals surface area contributed by atoms with Gasteiger partial charge in [0.2, 0.25) is 0 Å². The van der Waals surface area contributed by atoms with Crippen molar-refractivity contribution in [3.8, 4) is 6.07 Å². The summed E-state index contributed by atoms with van der Waals surface area (Å²) in [6, 6.07) is 1.92. The zero-order valence-corrected chi connectivity index (χ0v) is 6.34. The molecule has 11 heavy (non-hydrogen) atoms. The summed E-state index contributed by atoms with van der Waals surface area (Å²) in [5.41, 5.74) is 0.896. The Morgan fingerprint density at radius 2 is 2.36 bits per heavy atom. The molecule has 3 nitrogen and oxygen atoms in total. The van der Waals surface area contributed by atoms with Gasteiger partial charge < -0.3 is 5.21 Å². The van der Waals surface area contributed by atoms with Gasteiger partial charge in [-0.1, -0.05) is 16.8 Å². The molecule has 0 atom stereocenters. The molecule has 0 radical (unpaired) electrons. The van der Waals surface area contributed by atoms with Gasteiger partial charge in [-0.2, -0.15) is 5.26 Å². The molecule has 0 heterocycles. The van der Waals surface area contributed by atoms with E-state index in [-0.39, 0.29) is 0 Å². The molecule has 0 fully saturated rings. The van der Waals surface area contributed by atoms with E-state index in [0.717, 1.165) is 0 Å². The standard InChI is InChI=1S/C7H5ClN2O/c8-7-3-6(10-11)2-1-5(7)4-9/h1-2,11H,3H2/b10-6-. The first-order chi connectivity index (χ1) is 5.27. The molecule has 56 valence electrons. The van der Waals surface area contributed by atoms with Crippen LogP contribution in [0.25, 0.3) is 0 Å². The molecule has 0 aromatic heterocycles. The van der Waals surface area contributed by atoms with Gasteiger partial charge >= 0.3 is 0 Å². The molecule has 1 aliphatic rings. The van der Waals surface area contributed by atoms with Gasteiger partial charge in [0.1, 0.15) is 6.07 Å². The Morgan fingerprint density at radius 1 is 1.64 bits per heavy atom. The van der Waals surface area contributed by atoms with Gasteiger partial charge in [-0.05, 0) is 12.2 Å². The summed E-state index contributed by atoms with van der Waals surface area (Å²) in [5, 5.41) is 20.2. The van der Waals surface area contributed by atoms with Crippen LogP contribution in [0.5, 0.6) is 0 Å². The van der Waals surface area contributed by atoms with E-state index in [9.17, 15) is 0 Å². The largest absolute Gasteiger partial charge is 0.411 e. The van der Waals surface area contributed by atoms with Crippen molar-refractivity contribution >= 4 is 17.3 Å². The summed E-state index contributed by atoms with van der Waals surface area (Å²) in [7, 11) is 0. The third kappa shape index (κ3) is 1.60. The number of allylic oxidation sites excluding steroid dienone is 4. The molecule has 4 heteroatoms. The lowest BCUT2D eigenvalue weighted by Gasteiger charge is -2.04. The van der Waals surface area contributed by atoms with Gasteiger partial charge in [0.25, 0.3) is 0 Å². The second-order valence-corrected chi connectivity index (χ2v) is 2.49. The minimum Gasteiger partial charge on any atom is -0.411 e. The zero-order valence-electron chi connectivity index (χ0n) is 5.58. The van der Waals surface area contributed by atoms with Crippen molar-refractivity contribution in [3.05, 3.63) is 22.8 Å². The summed E-state index contributed by atoms with van der Waals surface area (Å²) in [5.74, 6) is 0. The van der Waals surface area contributed by atoms with E-state index < -0.39 is 0 Å². The maximum absolute atomic E-state index is 8.47. The van der Waals surface area contributed by atoms with Crippen molar-refractivity contribution in [1.82, 2.24) is 0 Å². The number of oxime groups is 1. The fraction of sp³-hybridized carbons (Fsp3) is 0.143. The van der Waals surface area contributed by atoms with Crippen LogP contribution >= 0.6 is 11.6 Å². The normalized spacial score (nSPS) is 20.5. The number of rotatable bonds is 0. The molecule has 0 aromatic rings. The summed E-state index contributed by atoms with van der Waals surface area (Å²) >= 11 is 5.67. The van der Waals surface area contributed by atoms with Crippen LogP contribution in [0.3, 0.4) is 0 Å². The van der Waals surface area contributed by atoms with E-state index in [4.69, 9.17) is 22.1 Å². The van der Waals surface area contributed by atoms with E-state index in [1.54, 1.807) is 6.08 Å². The second kappa shape index (κ2) is 3.22. The first kappa shape index (κ1) is 7.83. The molecule has 0 aliphatic heterocycles. The van der Waals surface area contributed by atoms with Gasteiger partial charge in [-0.3, -0.25) is 0 Å². The van der Waals surface area contributed by atoms with Crippen molar-refractivity contribution in [2.45, 2.75) is 6.42 Å². The first-order valence-corrected chi connectivity index (χ1v) is 3.33. The molecule has 1 aliphatic carbocycles. The average molecular weight is 169 g/mol.